The van der Waals surface area contributed by atoms with E-state index >= 15 is 0 Å². The van der Waals surface area contributed by atoms with Gasteiger partial charge in [0.05, 0.1) is 6.54 Å². The topological polar surface area (TPSA) is 68.8 Å². The molecule has 0 spiro atoms. The highest BCUT2D eigenvalue weighted by Crippen LogP contribution is 2.14. The smallest absolute Gasteiger partial charge is 0.251 e. The van der Waals surface area contributed by atoms with E-state index in [1.807, 2.05) is 31.2 Å². The van der Waals surface area contributed by atoms with Crippen molar-refractivity contribution in [2.45, 2.75) is 45.8 Å². The van der Waals surface area contributed by atoms with Gasteiger partial charge < -0.3 is 16.0 Å². The van der Waals surface area contributed by atoms with Crippen LogP contribution in [0.2, 0.25) is 0 Å². The molecule has 0 bridgehead atoms. The average Bonchev–Trinajstić information content (AvgIpc) is 2.80. The van der Waals surface area contributed by atoms with Crippen LogP contribution in [0.4, 0.5) is 0 Å². The van der Waals surface area contributed by atoms with E-state index in [0.717, 1.165) is 50.5 Å². The number of hydrogen-bond acceptors (Lipinski definition) is 3. The molecular formula is C25H36IN5O. The van der Waals surface area contributed by atoms with Gasteiger partial charge in [0.25, 0.3) is 5.91 Å². The minimum Gasteiger partial charge on any atom is -0.357 e. The molecule has 0 atom stereocenters. The minimum absolute atomic E-state index is 0. The standard InChI is InChI=1S/C25H35N5O.HI/c1-3-26-24(31)22-12-10-20(11-13-22)18-28-25(27-4-2)29-23-14-16-30(17-15-23)19-21-8-6-5-7-9-21;/h5-13,23H,3-4,14-19H2,1-2H3,(H,26,31)(H2,27,28,29);1H. The molecule has 1 aliphatic heterocycles. The quantitative estimate of drug-likeness (QED) is 0.267. The van der Waals surface area contributed by atoms with Crippen molar-refractivity contribution in [1.29, 1.82) is 0 Å². The lowest BCUT2D eigenvalue weighted by molar-refractivity contribution is 0.0956. The Morgan fingerprint density at radius 1 is 0.938 bits per heavy atom. The lowest BCUT2D eigenvalue weighted by atomic mass is 10.0. The number of rotatable bonds is 8. The van der Waals surface area contributed by atoms with Crippen LogP contribution in [0.1, 0.15) is 48.2 Å². The minimum atomic E-state index is -0.0360. The Bertz CT molecular complexity index is 833. The number of nitrogens with zero attached hydrogens (tertiary/aromatic N) is 2. The van der Waals surface area contributed by atoms with Crippen LogP contribution in [-0.4, -0.2) is 49.0 Å². The number of benzene rings is 2. The van der Waals surface area contributed by atoms with Gasteiger partial charge in [0, 0.05) is 44.3 Å². The molecule has 2 aromatic carbocycles. The van der Waals surface area contributed by atoms with Crippen LogP contribution >= 0.6 is 24.0 Å². The Morgan fingerprint density at radius 3 is 2.22 bits per heavy atom. The van der Waals surface area contributed by atoms with Crippen LogP contribution in [0.25, 0.3) is 0 Å². The average molecular weight is 550 g/mol. The zero-order chi connectivity index (χ0) is 21.9. The Morgan fingerprint density at radius 2 is 1.59 bits per heavy atom. The van der Waals surface area contributed by atoms with E-state index in [2.05, 4.69) is 58.1 Å². The third-order valence-electron chi connectivity index (χ3n) is 5.49. The molecule has 1 aliphatic rings. The number of aliphatic imine (C=N–C) groups is 1. The number of halogens is 1. The first kappa shape index (κ1) is 26.1. The number of hydrogen-bond donors (Lipinski definition) is 3. The van der Waals surface area contributed by atoms with Crippen molar-refractivity contribution >= 4 is 35.8 Å². The van der Waals surface area contributed by atoms with Crippen molar-refractivity contribution in [3.05, 3.63) is 71.3 Å². The maximum absolute atomic E-state index is 11.9. The van der Waals surface area contributed by atoms with Crippen LogP contribution in [0.5, 0.6) is 0 Å². The molecule has 2 aromatic rings. The monoisotopic (exact) mass is 549 g/mol. The first-order valence-electron chi connectivity index (χ1n) is 11.4. The lowest BCUT2D eigenvalue weighted by Gasteiger charge is -2.33. The number of carbonyl (C=O) groups is 1. The maximum atomic E-state index is 11.9. The van der Waals surface area contributed by atoms with Crippen molar-refractivity contribution in [3.63, 3.8) is 0 Å². The summed E-state index contributed by atoms with van der Waals surface area (Å²) in [5.74, 6) is 0.822. The highest BCUT2D eigenvalue weighted by Gasteiger charge is 2.20. The highest BCUT2D eigenvalue weighted by atomic mass is 127. The molecule has 32 heavy (non-hydrogen) atoms. The summed E-state index contributed by atoms with van der Waals surface area (Å²) >= 11 is 0. The van der Waals surface area contributed by atoms with Crippen LogP contribution in [-0.2, 0) is 13.1 Å². The van der Waals surface area contributed by atoms with Gasteiger partial charge in [-0.05, 0) is 49.9 Å². The molecule has 1 saturated heterocycles. The second kappa shape index (κ2) is 14.1. The van der Waals surface area contributed by atoms with Gasteiger partial charge in [0.1, 0.15) is 0 Å². The maximum Gasteiger partial charge on any atom is 0.251 e. The van der Waals surface area contributed by atoms with E-state index in [4.69, 9.17) is 4.99 Å². The zero-order valence-corrected chi connectivity index (χ0v) is 21.5. The van der Waals surface area contributed by atoms with Gasteiger partial charge >= 0.3 is 0 Å². The van der Waals surface area contributed by atoms with E-state index in [0.29, 0.717) is 24.7 Å². The van der Waals surface area contributed by atoms with Gasteiger partial charge in [-0.3, -0.25) is 9.69 Å². The van der Waals surface area contributed by atoms with Crippen molar-refractivity contribution in [2.75, 3.05) is 26.2 Å². The Balaban J connectivity index is 0.00000363. The van der Waals surface area contributed by atoms with Crippen molar-refractivity contribution in [1.82, 2.24) is 20.9 Å². The first-order valence-corrected chi connectivity index (χ1v) is 11.4. The molecule has 174 valence electrons. The summed E-state index contributed by atoms with van der Waals surface area (Å²) in [6.45, 7) is 9.25. The van der Waals surface area contributed by atoms with Gasteiger partial charge in [-0.25, -0.2) is 4.99 Å². The van der Waals surface area contributed by atoms with Crippen LogP contribution in [0.3, 0.4) is 0 Å². The number of guanidine groups is 1. The molecule has 0 radical (unpaired) electrons. The van der Waals surface area contributed by atoms with E-state index in [-0.39, 0.29) is 29.9 Å². The molecule has 0 saturated carbocycles. The second-order valence-electron chi connectivity index (χ2n) is 7.93. The third kappa shape index (κ3) is 8.43. The third-order valence-corrected chi connectivity index (χ3v) is 5.49. The molecule has 1 amide bonds. The van der Waals surface area contributed by atoms with E-state index in [9.17, 15) is 4.79 Å². The number of likely N-dealkylation sites (tertiary alicyclic amines) is 1. The predicted octanol–water partition coefficient (Wildman–Crippen LogP) is 3.77. The SMILES string of the molecule is CCNC(=O)c1ccc(CN=C(NCC)NC2CCN(Cc3ccccc3)CC2)cc1.I. The van der Waals surface area contributed by atoms with Gasteiger partial charge in [0.2, 0.25) is 0 Å². The lowest BCUT2D eigenvalue weighted by Crippen LogP contribution is -2.48. The summed E-state index contributed by atoms with van der Waals surface area (Å²) in [7, 11) is 0. The second-order valence-corrected chi connectivity index (χ2v) is 7.93. The van der Waals surface area contributed by atoms with Crippen LogP contribution in [0.15, 0.2) is 59.6 Å². The Hall–Kier alpha value is -2.13. The number of piperidine rings is 1. The fraction of sp³-hybridized carbons (Fsp3) is 0.440. The molecule has 0 aliphatic carbocycles. The predicted molar refractivity (Wildman–Crippen MR) is 143 cm³/mol. The van der Waals surface area contributed by atoms with Crippen LogP contribution in [0, 0.1) is 0 Å². The summed E-state index contributed by atoms with van der Waals surface area (Å²) < 4.78 is 0. The van der Waals surface area contributed by atoms with Gasteiger partial charge in [0.15, 0.2) is 5.96 Å². The molecule has 0 unspecified atom stereocenters. The van der Waals surface area contributed by atoms with Crippen molar-refractivity contribution in [3.8, 4) is 0 Å². The zero-order valence-electron chi connectivity index (χ0n) is 19.1. The number of amides is 1. The number of nitrogens with one attached hydrogen (secondary N) is 3. The van der Waals surface area contributed by atoms with Gasteiger partial charge in [-0.2, -0.15) is 0 Å². The van der Waals surface area contributed by atoms with Gasteiger partial charge in [-0.15, -0.1) is 24.0 Å². The fourth-order valence-electron chi connectivity index (χ4n) is 3.78. The van der Waals surface area contributed by atoms with E-state index in [1.54, 1.807) is 0 Å². The fourth-order valence-corrected chi connectivity index (χ4v) is 3.78. The molecule has 7 heteroatoms. The van der Waals surface area contributed by atoms with E-state index < -0.39 is 0 Å². The first-order chi connectivity index (χ1) is 15.2. The van der Waals surface area contributed by atoms with Crippen molar-refractivity contribution < 1.29 is 4.79 Å². The summed E-state index contributed by atoms with van der Waals surface area (Å²) in [6.07, 6.45) is 2.22. The molecule has 3 N–H and O–H groups in total. The Labute approximate surface area is 209 Å². The van der Waals surface area contributed by atoms with Crippen LogP contribution < -0.4 is 16.0 Å². The molecule has 0 aromatic heterocycles. The largest absolute Gasteiger partial charge is 0.357 e. The van der Waals surface area contributed by atoms with Crippen molar-refractivity contribution in [2.24, 2.45) is 4.99 Å². The molecule has 1 heterocycles. The normalized spacial score (nSPS) is 15.0. The molecule has 1 fully saturated rings. The van der Waals surface area contributed by atoms with Gasteiger partial charge in [-0.1, -0.05) is 42.5 Å². The highest BCUT2D eigenvalue weighted by molar-refractivity contribution is 14.0. The Kier molecular flexibility index (Phi) is 11.5. The summed E-state index contributed by atoms with van der Waals surface area (Å²) in [5.41, 5.74) is 3.15. The summed E-state index contributed by atoms with van der Waals surface area (Å²) in [5, 5.41) is 9.79. The summed E-state index contributed by atoms with van der Waals surface area (Å²) in [6, 6.07) is 18.8. The van der Waals surface area contributed by atoms with E-state index in [1.165, 1.54) is 5.56 Å². The summed E-state index contributed by atoms with van der Waals surface area (Å²) in [4.78, 5) is 19.2. The molecule has 3 rings (SSSR count). The molecular weight excluding hydrogens is 513 g/mol. The number of carbonyl (C=O) groups excluding carboxylic acids is 1. The molecule has 6 nitrogen and oxygen atoms in total.